The lowest BCUT2D eigenvalue weighted by atomic mass is 10.1. The molecular formula is C18H15ClN6O. The van der Waals surface area contributed by atoms with Crippen molar-refractivity contribution in [1.82, 2.24) is 24.6 Å². The number of nitrogens with one attached hydrogen (secondary N) is 1. The molecule has 0 aliphatic heterocycles. The normalized spacial score (nSPS) is 11.0. The summed E-state index contributed by atoms with van der Waals surface area (Å²) >= 11 is 5.94. The van der Waals surface area contributed by atoms with E-state index >= 15 is 0 Å². The molecule has 0 radical (unpaired) electrons. The topological polar surface area (TPSA) is 88.2 Å². The van der Waals surface area contributed by atoms with E-state index in [-0.39, 0.29) is 5.75 Å². The Morgan fingerprint density at radius 1 is 1.08 bits per heavy atom. The highest BCUT2D eigenvalue weighted by Gasteiger charge is 2.09. The zero-order valence-corrected chi connectivity index (χ0v) is 14.9. The van der Waals surface area contributed by atoms with E-state index in [1.165, 1.54) is 6.20 Å². The van der Waals surface area contributed by atoms with Gasteiger partial charge in [0, 0.05) is 29.6 Å². The Bertz CT molecular complexity index is 1100. The fourth-order valence-corrected chi connectivity index (χ4v) is 2.95. The molecule has 0 aliphatic carbocycles. The van der Waals surface area contributed by atoms with Crippen molar-refractivity contribution < 1.29 is 5.11 Å². The van der Waals surface area contributed by atoms with Crippen LogP contribution in [0.5, 0.6) is 5.75 Å². The first-order chi connectivity index (χ1) is 12.5. The maximum absolute atomic E-state index is 10.0. The molecule has 7 nitrogen and oxygen atoms in total. The van der Waals surface area contributed by atoms with Crippen LogP contribution in [0.3, 0.4) is 0 Å². The summed E-state index contributed by atoms with van der Waals surface area (Å²) in [6.45, 7) is 3.77. The van der Waals surface area contributed by atoms with Crippen molar-refractivity contribution in [2.45, 2.75) is 13.8 Å². The molecule has 4 aromatic rings. The Morgan fingerprint density at radius 2 is 1.92 bits per heavy atom. The summed E-state index contributed by atoms with van der Waals surface area (Å²) in [5.74, 6) is 2.13. The molecular weight excluding hydrogens is 352 g/mol. The van der Waals surface area contributed by atoms with Gasteiger partial charge in [-0.05, 0) is 37.6 Å². The van der Waals surface area contributed by atoms with Crippen LogP contribution < -0.4 is 5.32 Å². The molecule has 26 heavy (non-hydrogen) atoms. The average Bonchev–Trinajstić information content (AvgIpc) is 2.97. The number of hydrogen-bond acceptors (Lipinski definition) is 6. The number of pyridine rings is 2. The molecule has 0 amide bonds. The van der Waals surface area contributed by atoms with Crippen molar-refractivity contribution in [1.29, 1.82) is 0 Å². The zero-order chi connectivity index (χ0) is 18.3. The second-order valence-electron chi connectivity index (χ2n) is 5.91. The highest BCUT2D eigenvalue weighted by Crippen LogP contribution is 2.31. The van der Waals surface area contributed by atoms with Crippen LogP contribution in [0.2, 0.25) is 5.15 Å². The van der Waals surface area contributed by atoms with E-state index in [9.17, 15) is 5.11 Å². The smallest absolute Gasteiger partial charge is 0.154 e. The van der Waals surface area contributed by atoms with E-state index in [0.717, 1.165) is 16.8 Å². The lowest BCUT2D eigenvalue weighted by molar-refractivity contribution is 0.475. The van der Waals surface area contributed by atoms with Gasteiger partial charge in [0.2, 0.25) is 0 Å². The monoisotopic (exact) mass is 366 g/mol. The molecule has 0 unspecified atom stereocenters. The summed E-state index contributed by atoms with van der Waals surface area (Å²) in [4.78, 5) is 12.5. The summed E-state index contributed by atoms with van der Waals surface area (Å²) in [6.07, 6.45) is 3.16. The van der Waals surface area contributed by atoms with Crippen molar-refractivity contribution in [2.75, 3.05) is 5.32 Å². The van der Waals surface area contributed by atoms with Gasteiger partial charge in [-0.25, -0.2) is 19.5 Å². The lowest BCUT2D eigenvalue weighted by Gasteiger charge is -2.05. The van der Waals surface area contributed by atoms with Crippen LogP contribution in [0, 0.1) is 13.8 Å². The second-order valence-corrected chi connectivity index (χ2v) is 6.29. The Kier molecular flexibility index (Phi) is 3.93. The van der Waals surface area contributed by atoms with E-state index in [1.807, 2.05) is 44.3 Å². The Hall–Kier alpha value is -3.19. The van der Waals surface area contributed by atoms with Gasteiger partial charge in [0.25, 0.3) is 0 Å². The fourth-order valence-electron chi connectivity index (χ4n) is 2.79. The standard InChI is InChI=1S/C18H15ClN6O/c1-10-5-17(22-11(2)21-10)23-18-7-13-6-12(3-4-25(13)24-18)14-8-16(19)20-9-15(14)26/h3-9,26H,1-2H3,(H,21,22,23,24). The van der Waals surface area contributed by atoms with Crippen LogP contribution in [-0.4, -0.2) is 29.7 Å². The van der Waals surface area contributed by atoms with Crippen LogP contribution in [0.4, 0.5) is 11.6 Å². The van der Waals surface area contributed by atoms with Crippen LogP contribution in [0.15, 0.2) is 42.7 Å². The van der Waals surface area contributed by atoms with Gasteiger partial charge >= 0.3 is 0 Å². The third kappa shape index (κ3) is 3.16. The van der Waals surface area contributed by atoms with E-state index in [1.54, 1.807) is 10.6 Å². The van der Waals surface area contributed by atoms with Gasteiger partial charge < -0.3 is 10.4 Å². The maximum atomic E-state index is 10.0. The van der Waals surface area contributed by atoms with Crippen molar-refractivity contribution in [3.8, 4) is 16.9 Å². The molecule has 8 heteroatoms. The molecule has 0 saturated carbocycles. The summed E-state index contributed by atoms with van der Waals surface area (Å²) < 4.78 is 1.74. The largest absolute Gasteiger partial charge is 0.506 e. The predicted octanol–water partition coefficient (Wildman–Crippen LogP) is 3.91. The quantitative estimate of drug-likeness (QED) is 0.534. The summed E-state index contributed by atoms with van der Waals surface area (Å²) in [6, 6.07) is 9.16. The van der Waals surface area contributed by atoms with E-state index < -0.39 is 0 Å². The number of hydrogen-bond donors (Lipinski definition) is 2. The van der Waals surface area contributed by atoms with Gasteiger partial charge in [0.15, 0.2) is 5.82 Å². The van der Waals surface area contributed by atoms with E-state index in [2.05, 4.69) is 25.4 Å². The predicted molar refractivity (Wildman–Crippen MR) is 99.9 cm³/mol. The van der Waals surface area contributed by atoms with Crippen molar-refractivity contribution in [3.63, 3.8) is 0 Å². The number of aromatic hydroxyl groups is 1. The van der Waals surface area contributed by atoms with Gasteiger partial charge in [-0.2, -0.15) is 5.10 Å². The van der Waals surface area contributed by atoms with Crippen LogP contribution in [0.25, 0.3) is 16.6 Å². The molecule has 130 valence electrons. The SMILES string of the molecule is Cc1cc(Nc2cc3cc(-c4cc(Cl)ncc4O)ccn3n2)nc(C)n1. The third-order valence-corrected chi connectivity index (χ3v) is 4.05. The van der Waals surface area contributed by atoms with Crippen molar-refractivity contribution in [2.24, 2.45) is 0 Å². The van der Waals surface area contributed by atoms with Crippen molar-refractivity contribution in [3.05, 3.63) is 59.4 Å². The molecule has 4 heterocycles. The maximum Gasteiger partial charge on any atom is 0.154 e. The van der Waals surface area contributed by atoms with Crippen molar-refractivity contribution >= 4 is 28.8 Å². The number of fused-ring (bicyclic) bond motifs is 1. The van der Waals surface area contributed by atoms with E-state index in [4.69, 9.17) is 11.6 Å². The molecule has 0 saturated heterocycles. The van der Waals surface area contributed by atoms with E-state index in [0.29, 0.717) is 28.2 Å². The fraction of sp³-hybridized carbons (Fsp3) is 0.111. The Morgan fingerprint density at radius 3 is 2.73 bits per heavy atom. The lowest BCUT2D eigenvalue weighted by Crippen LogP contribution is -1.99. The highest BCUT2D eigenvalue weighted by atomic mass is 35.5. The molecule has 2 N–H and O–H groups in total. The van der Waals surface area contributed by atoms with Gasteiger partial charge in [0.05, 0.1) is 11.7 Å². The Labute approximate surface area is 154 Å². The summed E-state index contributed by atoms with van der Waals surface area (Å²) in [5.41, 5.74) is 3.18. The highest BCUT2D eigenvalue weighted by molar-refractivity contribution is 6.29. The number of rotatable bonds is 3. The summed E-state index contributed by atoms with van der Waals surface area (Å²) in [5, 5.41) is 18.0. The first-order valence-electron chi connectivity index (χ1n) is 7.91. The molecule has 0 bridgehead atoms. The molecule has 0 atom stereocenters. The van der Waals surface area contributed by atoms with Gasteiger partial charge in [-0.3, -0.25) is 0 Å². The molecule has 0 fully saturated rings. The number of aromatic nitrogens is 5. The average molecular weight is 367 g/mol. The molecule has 4 rings (SSSR count). The van der Waals surface area contributed by atoms with Gasteiger partial charge in [-0.15, -0.1) is 0 Å². The second kappa shape index (κ2) is 6.27. The molecule has 0 aromatic carbocycles. The third-order valence-electron chi connectivity index (χ3n) is 3.85. The minimum Gasteiger partial charge on any atom is -0.506 e. The number of halogens is 1. The number of aryl methyl sites for hydroxylation is 2. The molecule has 0 spiro atoms. The first-order valence-corrected chi connectivity index (χ1v) is 8.29. The number of nitrogens with zero attached hydrogens (tertiary/aromatic N) is 5. The minimum atomic E-state index is 0.0727. The van der Waals surface area contributed by atoms with Gasteiger partial charge in [-0.1, -0.05) is 11.6 Å². The number of anilines is 2. The Balaban J connectivity index is 1.70. The molecule has 4 aromatic heterocycles. The van der Waals surface area contributed by atoms with Crippen LogP contribution in [0.1, 0.15) is 11.5 Å². The van der Waals surface area contributed by atoms with Crippen LogP contribution >= 0.6 is 11.6 Å². The minimum absolute atomic E-state index is 0.0727. The molecule has 0 aliphatic rings. The van der Waals surface area contributed by atoms with Gasteiger partial charge in [0.1, 0.15) is 22.5 Å². The first kappa shape index (κ1) is 16.3. The zero-order valence-electron chi connectivity index (χ0n) is 14.1. The van der Waals surface area contributed by atoms with Crippen LogP contribution in [-0.2, 0) is 0 Å². The summed E-state index contributed by atoms with van der Waals surface area (Å²) in [7, 11) is 0.